The van der Waals surface area contributed by atoms with Gasteiger partial charge >= 0.3 is 0 Å². The van der Waals surface area contributed by atoms with E-state index in [4.69, 9.17) is 0 Å². The number of hydrogen-bond donors (Lipinski definition) is 0. The molecule has 1 aromatic carbocycles. The first-order chi connectivity index (χ1) is 8.09. The van der Waals surface area contributed by atoms with Gasteiger partial charge in [-0.25, -0.2) is 5.01 Å². The minimum absolute atomic E-state index is 0.0461. The molecule has 1 atom stereocenters. The molecule has 0 spiro atoms. The number of hydrazone groups is 1. The number of nitrogens with zero attached hydrogens (tertiary/aromatic N) is 2. The maximum atomic E-state index is 12.3. The maximum Gasteiger partial charge on any atom is 0.256 e. The maximum absolute atomic E-state index is 12.3. The fourth-order valence-corrected chi connectivity index (χ4v) is 2.10. The predicted molar refractivity (Wildman–Crippen MR) is 70.0 cm³/mol. The fraction of sp³-hybridized carbons (Fsp3) is 0.429. The first-order valence-corrected chi connectivity index (χ1v) is 6.03. The van der Waals surface area contributed by atoms with E-state index in [0.29, 0.717) is 5.92 Å². The average Bonchev–Trinajstić information content (AvgIpc) is 2.58. The van der Waals surface area contributed by atoms with Crippen LogP contribution in [0.1, 0.15) is 27.2 Å². The first kappa shape index (κ1) is 11.8. The number of anilines is 1. The second-order valence-corrected chi connectivity index (χ2v) is 4.91. The molecule has 0 fully saturated rings. The van der Waals surface area contributed by atoms with E-state index in [-0.39, 0.29) is 11.8 Å². The second-order valence-electron chi connectivity index (χ2n) is 4.91. The number of rotatable bonds is 3. The second kappa shape index (κ2) is 4.70. The zero-order valence-corrected chi connectivity index (χ0v) is 10.6. The smallest absolute Gasteiger partial charge is 0.256 e. The van der Waals surface area contributed by atoms with E-state index in [9.17, 15) is 4.79 Å². The molecular weight excluding hydrogens is 212 g/mol. The summed E-state index contributed by atoms with van der Waals surface area (Å²) in [6.45, 7) is 6.20. The largest absolute Gasteiger partial charge is 0.272 e. The summed E-state index contributed by atoms with van der Waals surface area (Å²) in [5.41, 5.74) is 1.77. The Bertz CT molecular complexity index is 437. The lowest BCUT2D eigenvalue weighted by Crippen LogP contribution is -2.27. The molecule has 0 saturated heterocycles. The minimum atomic E-state index is -0.0461. The Balaban J connectivity index is 2.22. The van der Waals surface area contributed by atoms with Gasteiger partial charge in [0, 0.05) is 5.71 Å². The van der Waals surface area contributed by atoms with Crippen molar-refractivity contribution in [3.63, 3.8) is 0 Å². The molecule has 0 radical (unpaired) electrons. The third kappa shape index (κ3) is 2.38. The van der Waals surface area contributed by atoms with E-state index in [2.05, 4.69) is 18.9 Å². The number of para-hydroxylation sites is 1. The van der Waals surface area contributed by atoms with Crippen molar-refractivity contribution in [2.24, 2.45) is 16.9 Å². The highest BCUT2D eigenvalue weighted by atomic mass is 16.2. The molecule has 1 amide bonds. The molecule has 3 heteroatoms. The van der Waals surface area contributed by atoms with Crippen LogP contribution in [-0.4, -0.2) is 11.6 Å². The number of benzene rings is 1. The third-order valence-electron chi connectivity index (χ3n) is 2.98. The van der Waals surface area contributed by atoms with Crippen molar-refractivity contribution in [3.8, 4) is 0 Å². The molecule has 1 heterocycles. The van der Waals surface area contributed by atoms with Crippen molar-refractivity contribution in [3.05, 3.63) is 30.3 Å². The van der Waals surface area contributed by atoms with Crippen LogP contribution in [0.25, 0.3) is 0 Å². The summed E-state index contributed by atoms with van der Waals surface area (Å²) >= 11 is 0. The molecule has 0 saturated carbocycles. The standard InChI is InChI=1S/C14H18N2O/c1-10(2)9-13-11(3)15-16(14(13)17)12-7-5-4-6-8-12/h4-8,10,13H,9H2,1-3H3. The highest BCUT2D eigenvalue weighted by Gasteiger charge is 2.34. The van der Waals surface area contributed by atoms with E-state index in [1.165, 1.54) is 5.01 Å². The molecule has 0 bridgehead atoms. The molecule has 0 aliphatic carbocycles. The SMILES string of the molecule is CC1=NN(c2ccccc2)C(=O)C1CC(C)C. The molecule has 2 rings (SSSR count). The predicted octanol–water partition coefficient (Wildman–Crippen LogP) is 3.07. The average molecular weight is 230 g/mol. The van der Waals surface area contributed by atoms with Gasteiger partial charge in [-0.1, -0.05) is 32.0 Å². The van der Waals surface area contributed by atoms with Gasteiger partial charge in [-0.05, 0) is 31.4 Å². The van der Waals surface area contributed by atoms with Crippen molar-refractivity contribution in [2.75, 3.05) is 5.01 Å². The van der Waals surface area contributed by atoms with Crippen molar-refractivity contribution >= 4 is 17.3 Å². The number of hydrogen-bond acceptors (Lipinski definition) is 2. The lowest BCUT2D eigenvalue weighted by molar-refractivity contribution is -0.120. The highest BCUT2D eigenvalue weighted by molar-refractivity contribution is 6.14. The molecule has 1 aromatic rings. The van der Waals surface area contributed by atoms with E-state index in [0.717, 1.165) is 17.8 Å². The molecule has 90 valence electrons. The fourth-order valence-electron chi connectivity index (χ4n) is 2.10. The van der Waals surface area contributed by atoms with E-state index >= 15 is 0 Å². The molecule has 17 heavy (non-hydrogen) atoms. The zero-order valence-electron chi connectivity index (χ0n) is 10.6. The molecule has 0 N–H and O–H groups in total. The van der Waals surface area contributed by atoms with Crippen molar-refractivity contribution < 1.29 is 4.79 Å². The molecule has 3 nitrogen and oxygen atoms in total. The van der Waals surface area contributed by atoms with Gasteiger partial charge in [0.15, 0.2) is 0 Å². The van der Waals surface area contributed by atoms with Crippen LogP contribution in [0.2, 0.25) is 0 Å². The normalized spacial score (nSPS) is 20.0. The number of amides is 1. The van der Waals surface area contributed by atoms with E-state index in [1.807, 2.05) is 37.3 Å². The summed E-state index contributed by atoms with van der Waals surface area (Å²) in [4.78, 5) is 12.3. The van der Waals surface area contributed by atoms with Gasteiger partial charge in [0.05, 0.1) is 11.6 Å². The Morgan fingerprint density at radius 3 is 2.53 bits per heavy atom. The zero-order chi connectivity index (χ0) is 12.4. The minimum Gasteiger partial charge on any atom is -0.272 e. The van der Waals surface area contributed by atoms with Gasteiger partial charge in [-0.15, -0.1) is 0 Å². The highest BCUT2D eigenvalue weighted by Crippen LogP contribution is 2.27. The lowest BCUT2D eigenvalue weighted by Gasteiger charge is -2.15. The summed E-state index contributed by atoms with van der Waals surface area (Å²) in [6, 6.07) is 9.59. The summed E-state index contributed by atoms with van der Waals surface area (Å²) in [5, 5.41) is 5.90. The quantitative estimate of drug-likeness (QED) is 0.785. The Morgan fingerprint density at radius 2 is 1.94 bits per heavy atom. The van der Waals surface area contributed by atoms with Crippen molar-refractivity contribution in [2.45, 2.75) is 27.2 Å². The van der Waals surface area contributed by atoms with Crippen LogP contribution in [0, 0.1) is 11.8 Å². The van der Waals surface area contributed by atoms with Crippen LogP contribution in [0.15, 0.2) is 35.4 Å². The van der Waals surface area contributed by atoms with Crippen molar-refractivity contribution in [1.82, 2.24) is 0 Å². The van der Waals surface area contributed by atoms with Crippen LogP contribution in [0.3, 0.4) is 0 Å². The van der Waals surface area contributed by atoms with Gasteiger partial charge in [-0.2, -0.15) is 5.10 Å². The van der Waals surface area contributed by atoms with Crippen molar-refractivity contribution in [1.29, 1.82) is 0 Å². The lowest BCUT2D eigenvalue weighted by atomic mass is 9.93. The van der Waals surface area contributed by atoms with Gasteiger partial charge in [0.2, 0.25) is 0 Å². The van der Waals surface area contributed by atoms with Gasteiger partial charge in [0.1, 0.15) is 0 Å². The first-order valence-electron chi connectivity index (χ1n) is 6.03. The number of carbonyl (C=O) groups excluding carboxylic acids is 1. The van der Waals surface area contributed by atoms with E-state index < -0.39 is 0 Å². The summed E-state index contributed by atoms with van der Waals surface area (Å²) in [5.74, 6) is 0.558. The number of carbonyl (C=O) groups is 1. The monoisotopic (exact) mass is 230 g/mol. The topological polar surface area (TPSA) is 32.7 Å². The van der Waals surface area contributed by atoms with Crippen LogP contribution in [0.4, 0.5) is 5.69 Å². The Kier molecular flexibility index (Phi) is 3.27. The van der Waals surface area contributed by atoms with Crippen LogP contribution < -0.4 is 5.01 Å². The van der Waals surface area contributed by atoms with Gasteiger partial charge < -0.3 is 0 Å². The van der Waals surface area contributed by atoms with E-state index in [1.54, 1.807) is 0 Å². The summed E-state index contributed by atoms with van der Waals surface area (Å²) in [7, 11) is 0. The third-order valence-corrected chi connectivity index (χ3v) is 2.98. The molecule has 1 aliphatic rings. The Morgan fingerprint density at radius 1 is 1.29 bits per heavy atom. The summed E-state index contributed by atoms with van der Waals surface area (Å²) in [6.07, 6.45) is 0.873. The van der Waals surface area contributed by atoms with Crippen LogP contribution in [0.5, 0.6) is 0 Å². The molecule has 0 aromatic heterocycles. The molecule has 1 aliphatic heterocycles. The Hall–Kier alpha value is -1.64. The van der Waals surface area contributed by atoms with Crippen LogP contribution >= 0.6 is 0 Å². The van der Waals surface area contributed by atoms with Gasteiger partial charge in [-0.3, -0.25) is 4.79 Å². The van der Waals surface area contributed by atoms with Crippen LogP contribution in [-0.2, 0) is 4.79 Å². The van der Waals surface area contributed by atoms with Gasteiger partial charge in [0.25, 0.3) is 5.91 Å². The molecule has 1 unspecified atom stereocenters. The summed E-state index contributed by atoms with van der Waals surface area (Å²) < 4.78 is 0. The Labute approximate surface area is 102 Å². The molecular formula is C14H18N2O.